The summed E-state index contributed by atoms with van der Waals surface area (Å²) in [7, 11) is 0. The Kier molecular flexibility index (Phi) is 8.82. The Bertz CT molecular complexity index is 703. The van der Waals surface area contributed by atoms with Crippen molar-refractivity contribution in [3.05, 3.63) is 36.0 Å². The van der Waals surface area contributed by atoms with Crippen LogP contribution in [-0.4, -0.2) is 34.3 Å². The first kappa shape index (κ1) is 26.3. The molecule has 0 spiro atoms. The largest absolute Gasteiger partial charge is 0.438 e. The molecule has 1 aliphatic rings. The first-order chi connectivity index (χ1) is 13.6. The van der Waals surface area contributed by atoms with Crippen molar-refractivity contribution < 1.29 is 36.6 Å². The molecule has 0 aromatic carbocycles. The molecule has 1 atom stereocenters. The maximum absolute atomic E-state index is 12.6. The third-order valence-corrected chi connectivity index (χ3v) is 5.00. The monoisotopic (exact) mass is 438 g/mol. The minimum Gasteiger partial charge on any atom is -0.393 e. The summed E-state index contributed by atoms with van der Waals surface area (Å²) in [5.41, 5.74) is -3.63. The Morgan fingerprint density at radius 1 is 1.13 bits per heavy atom. The fourth-order valence-corrected chi connectivity index (χ4v) is 2.97. The molecule has 0 amide bonds. The summed E-state index contributed by atoms with van der Waals surface area (Å²) < 4.78 is 75.7. The fourth-order valence-electron chi connectivity index (χ4n) is 2.97. The third-order valence-electron chi connectivity index (χ3n) is 5.00. The maximum atomic E-state index is 12.6. The Balaban J connectivity index is 2.57. The predicted molar refractivity (Wildman–Crippen MR) is 103 cm³/mol. The van der Waals surface area contributed by atoms with E-state index in [1.54, 1.807) is 13.8 Å². The second kappa shape index (κ2) is 10.1. The number of hydrogen-bond donors (Lipinski definition) is 2. The fraction of sp³-hybridized carbons (Fsp3) is 0.636. The van der Waals surface area contributed by atoms with Crippen molar-refractivity contribution in [2.75, 3.05) is 0 Å². The standard InChI is InChI=1S/C22H28F6O2/c1-16-10-11-18(29)15-17(16)9-6-4-5-7-12-19(2,3)13-8-14-20(30,21(23,24)25)22(26,27)28/h4,6,9,18,29-30H,1,5,7,10-13,15H2,2-3H3/t18-/m0/s1. The lowest BCUT2D eigenvalue weighted by Crippen LogP contribution is -2.55. The highest BCUT2D eigenvalue weighted by atomic mass is 19.4. The number of aliphatic hydroxyl groups excluding tert-OH is 1. The van der Waals surface area contributed by atoms with Crippen LogP contribution in [0.15, 0.2) is 36.0 Å². The van der Waals surface area contributed by atoms with Crippen molar-refractivity contribution in [1.82, 2.24) is 0 Å². The summed E-state index contributed by atoms with van der Waals surface area (Å²) in [5.74, 6) is 2.87. The first-order valence-electron chi connectivity index (χ1n) is 9.67. The van der Waals surface area contributed by atoms with Crippen LogP contribution in [0.25, 0.3) is 0 Å². The molecule has 0 bridgehead atoms. The van der Waals surface area contributed by atoms with Gasteiger partial charge in [0.2, 0.25) is 0 Å². The van der Waals surface area contributed by atoms with E-state index in [-0.39, 0.29) is 12.5 Å². The van der Waals surface area contributed by atoms with Crippen LogP contribution in [0.1, 0.15) is 58.8 Å². The zero-order chi connectivity index (χ0) is 23.2. The second-order valence-corrected chi connectivity index (χ2v) is 8.36. The highest BCUT2D eigenvalue weighted by Crippen LogP contribution is 2.42. The van der Waals surface area contributed by atoms with Gasteiger partial charge < -0.3 is 10.2 Å². The number of allylic oxidation sites excluding steroid dienone is 4. The van der Waals surface area contributed by atoms with Crippen molar-refractivity contribution in [2.45, 2.75) is 82.9 Å². The molecule has 1 fully saturated rings. The molecule has 0 aromatic rings. The molecule has 0 unspecified atom stereocenters. The summed E-state index contributed by atoms with van der Waals surface area (Å²) in [5, 5.41) is 18.7. The van der Waals surface area contributed by atoms with E-state index in [4.69, 9.17) is 5.11 Å². The van der Waals surface area contributed by atoms with E-state index in [0.717, 1.165) is 23.5 Å². The Morgan fingerprint density at radius 2 is 1.73 bits per heavy atom. The molecule has 0 radical (unpaired) electrons. The average Bonchev–Trinajstić information content (AvgIpc) is 2.58. The minimum absolute atomic E-state index is 0.215. The lowest BCUT2D eigenvalue weighted by molar-refractivity contribution is -0.343. The van der Waals surface area contributed by atoms with Crippen LogP contribution in [-0.2, 0) is 0 Å². The van der Waals surface area contributed by atoms with Gasteiger partial charge in [-0.25, -0.2) is 0 Å². The van der Waals surface area contributed by atoms with Crippen LogP contribution in [0.3, 0.4) is 0 Å². The van der Waals surface area contributed by atoms with Gasteiger partial charge in [0.1, 0.15) is 0 Å². The van der Waals surface area contributed by atoms with Crippen molar-refractivity contribution in [2.24, 2.45) is 5.41 Å². The zero-order valence-electron chi connectivity index (χ0n) is 17.1. The van der Waals surface area contributed by atoms with Gasteiger partial charge in [0.05, 0.1) is 6.10 Å². The van der Waals surface area contributed by atoms with E-state index >= 15 is 0 Å². The molecule has 0 aromatic heterocycles. The van der Waals surface area contributed by atoms with Gasteiger partial charge in [-0.3, -0.25) is 0 Å². The summed E-state index contributed by atoms with van der Waals surface area (Å²) >= 11 is 0. The van der Waals surface area contributed by atoms with Crippen LogP contribution in [0.4, 0.5) is 26.3 Å². The van der Waals surface area contributed by atoms with Crippen LogP contribution < -0.4 is 0 Å². The third kappa shape index (κ3) is 7.51. The average molecular weight is 438 g/mol. The number of alkyl halides is 6. The number of rotatable bonds is 6. The summed E-state index contributed by atoms with van der Waals surface area (Å²) in [4.78, 5) is 0. The molecule has 2 N–H and O–H groups in total. The quantitative estimate of drug-likeness (QED) is 0.303. The van der Waals surface area contributed by atoms with Gasteiger partial charge in [0, 0.05) is 6.42 Å². The van der Waals surface area contributed by atoms with Crippen LogP contribution in [0.5, 0.6) is 0 Å². The normalized spacial score (nSPS) is 20.5. The van der Waals surface area contributed by atoms with Gasteiger partial charge in [0.25, 0.3) is 0 Å². The summed E-state index contributed by atoms with van der Waals surface area (Å²) in [6.07, 6.45) is -2.86. The van der Waals surface area contributed by atoms with E-state index in [0.29, 0.717) is 32.1 Å². The van der Waals surface area contributed by atoms with Gasteiger partial charge in [-0.1, -0.05) is 50.1 Å². The summed E-state index contributed by atoms with van der Waals surface area (Å²) in [6.45, 7) is 7.36. The van der Waals surface area contributed by atoms with Gasteiger partial charge in [-0.15, -0.1) is 0 Å². The van der Waals surface area contributed by atoms with E-state index in [1.807, 2.05) is 24.1 Å². The van der Waals surface area contributed by atoms with Crippen molar-refractivity contribution >= 4 is 0 Å². The van der Waals surface area contributed by atoms with Crippen molar-refractivity contribution in [1.29, 1.82) is 0 Å². The van der Waals surface area contributed by atoms with Gasteiger partial charge in [0.15, 0.2) is 0 Å². The molecule has 2 nitrogen and oxygen atoms in total. The van der Waals surface area contributed by atoms with E-state index in [2.05, 4.69) is 6.58 Å². The molecule has 30 heavy (non-hydrogen) atoms. The molecular weight excluding hydrogens is 410 g/mol. The predicted octanol–water partition coefficient (Wildman–Crippen LogP) is 6.02. The minimum atomic E-state index is -5.93. The Labute approximate surface area is 173 Å². The lowest BCUT2D eigenvalue weighted by atomic mass is 9.84. The van der Waals surface area contributed by atoms with Crippen molar-refractivity contribution in [3.8, 4) is 11.8 Å². The topological polar surface area (TPSA) is 40.5 Å². The van der Waals surface area contributed by atoms with Gasteiger partial charge in [-0.2, -0.15) is 26.3 Å². The van der Waals surface area contributed by atoms with E-state index in [9.17, 15) is 31.4 Å². The molecule has 170 valence electrons. The number of hydrogen-bond acceptors (Lipinski definition) is 2. The Hall–Kier alpha value is -1.72. The highest BCUT2D eigenvalue weighted by molar-refractivity contribution is 5.34. The van der Waals surface area contributed by atoms with E-state index in [1.165, 1.54) is 0 Å². The highest BCUT2D eigenvalue weighted by Gasteiger charge is 2.70. The number of unbranched alkanes of at least 4 members (excludes halogenated alkanes) is 1. The lowest BCUT2D eigenvalue weighted by Gasteiger charge is -2.27. The number of aliphatic hydroxyl groups is 2. The summed E-state index contributed by atoms with van der Waals surface area (Å²) in [6, 6.07) is 0. The number of halogens is 6. The van der Waals surface area contributed by atoms with E-state index < -0.39 is 23.4 Å². The van der Waals surface area contributed by atoms with Gasteiger partial charge in [-0.05, 0) is 55.4 Å². The molecule has 0 heterocycles. The maximum Gasteiger partial charge on any atom is 0.438 e. The van der Waals surface area contributed by atoms with Crippen LogP contribution in [0, 0.1) is 17.3 Å². The SMILES string of the molecule is C=C1CC[C@H](O)CC1=CC=CCCCC(C)(C)CC#CC(O)(C(F)(F)F)C(F)(F)F. The molecule has 1 rings (SSSR count). The molecule has 0 aliphatic heterocycles. The zero-order valence-corrected chi connectivity index (χ0v) is 17.1. The Morgan fingerprint density at radius 3 is 2.30 bits per heavy atom. The van der Waals surface area contributed by atoms with Gasteiger partial charge >= 0.3 is 18.0 Å². The van der Waals surface area contributed by atoms with Crippen molar-refractivity contribution in [3.63, 3.8) is 0 Å². The van der Waals surface area contributed by atoms with Crippen LogP contribution >= 0.6 is 0 Å². The molecular formula is C22H28F6O2. The molecule has 1 aliphatic carbocycles. The molecule has 0 saturated heterocycles. The van der Waals surface area contributed by atoms with Crippen LogP contribution in [0.2, 0.25) is 0 Å². The smallest absolute Gasteiger partial charge is 0.393 e. The second-order valence-electron chi connectivity index (χ2n) is 8.36. The molecule has 1 saturated carbocycles. The first-order valence-corrected chi connectivity index (χ1v) is 9.67. The molecule has 8 heteroatoms.